The number of hydrogen-bond acceptors (Lipinski definition) is 4. The molecule has 0 bridgehead atoms. The van der Waals surface area contributed by atoms with E-state index in [-0.39, 0.29) is 31.0 Å². The summed E-state index contributed by atoms with van der Waals surface area (Å²) in [6, 6.07) is 23.8. The number of rotatable bonds is 11. The lowest BCUT2D eigenvalue weighted by atomic mass is 9.94. The number of halogens is 1. The van der Waals surface area contributed by atoms with Crippen LogP contribution in [0.3, 0.4) is 0 Å². The van der Waals surface area contributed by atoms with Crippen LogP contribution < -0.4 is 14.8 Å². The first-order chi connectivity index (χ1) is 18.5. The van der Waals surface area contributed by atoms with Crippen molar-refractivity contribution in [1.29, 1.82) is 0 Å². The third-order valence-corrected chi connectivity index (χ3v) is 7.21. The average Bonchev–Trinajstić information content (AvgIpc) is 2.95. The first kappa shape index (κ1) is 27.5. The van der Waals surface area contributed by atoms with Gasteiger partial charge in [-0.15, -0.1) is 0 Å². The van der Waals surface area contributed by atoms with Crippen LogP contribution in [0.25, 0.3) is 0 Å². The van der Waals surface area contributed by atoms with Gasteiger partial charge in [-0.3, -0.25) is 9.59 Å². The van der Waals surface area contributed by atoms with Gasteiger partial charge in [-0.1, -0.05) is 85.5 Å². The molecule has 3 aromatic rings. The Morgan fingerprint density at radius 3 is 2.39 bits per heavy atom. The zero-order chi connectivity index (χ0) is 26.7. The van der Waals surface area contributed by atoms with E-state index < -0.39 is 6.04 Å². The van der Waals surface area contributed by atoms with Crippen molar-refractivity contribution in [3.05, 3.63) is 95.0 Å². The van der Waals surface area contributed by atoms with E-state index in [1.807, 2.05) is 54.6 Å². The molecule has 0 heterocycles. The smallest absolute Gasteiger partial charge is 0.261 e. The minimum atomic E-state index is -0.715. The zero-order valence-electron chi connectivity index (χ0n) is 21.8. The molecule has 0 saturated heterocycles. The van der Waals surface area contributed by atoms with E-state index in [0.717, 1.165) is 36.8 Å². The molecular formula is C31H35ClN2O4. The summed E-state index contributed by atoms with van der Waals surface area (Å²) in [5.41, 5.74) is 1.84. The Morgan fingerprint density at radius 2 is 1.66 bits per heavy atom. The molecule has 38 heavy (non-hydrogen) atoms. The van der Waals surface area contributed by atoms with Gasteiger partial charge in [0.25, 0.3) is 5.91 Å². The third kappa shape index (κ3) is 7.75. The Labute approximate surface area is 229 Å². The Kier molecular flexibility index (Phi) is 10.0. The van der Waals surface area contributed by atoms with Gasteiger partial charge < -0.3 is 19.7 Å². The molecule has 6 nitrogen and oxygen atoms in total. The quantitative estimate of drug-likeness (QED) is 0.337. The molecule has 0 radical (unpaired) electrons. The maximum atomic E-state index is 13.8. The molecule has 1 saturated carbocycles. The van der Waals surface area contributed by atoms with Gasteiger partial charge in [0, 0.05) is 19.0 Å². The highest BCUT2D eigenvalue weighted by molar-refractivity contribution is 6.32. The second-order valence-electron chi connectivity index (χ2n) is 9.64. The summed E-state index contributed by atoms with van der Waals surface area (Å²) in [7, 11) is 1.61. The van der Waals surface area contributed by atoms with Gasteiger partial charge in [0.05, 0.1) is 12.1 Å². The minimum absolute atomic E-state index is 0.127. The highest BCUT2D eigenvalue weighted by atomic mass is 35.5. The first-order valence-corrected chi connectivity index (χ1v) is 13.6. The van der Waals surface area contributed by atoms with Crippen LogP contribution in [0.15, 0.2) is 78.9 Å². The van der Waals surface area contributed by atoms with Crippen molar-refractivity contribution in [2.45, 2.75) is 57.2 Å². The predicted octanol–water partition coefficient (Wildman–Crippen LogP) is 5.82. The topological polar surface area (TPSA) is 67.9 Å². The van der Waals surface area contributed by atoms with Crippen molar-refractivity contribution < 1.29 is 19.1 Å². The summed E-state index contributed by atoms with van der Waals surface area (Å²) in [6.45, 7) is -0.00674. The van der Waals surface area contributed by atoms with Crippen LogP contribution in [-0.4, -0.2) is 42.5 Å². The van der Waals surface area contributed by atoms with Crippen molar-refractivity contribution in [2.24, 2.45) is 0 Å². The molecule has 4 rings (SSSR count). The fourth-order valence-corrected chi connectivity index (χ4v) is 5.04. The molecule has 7 heteroatoms. The molecule has 200 valence electrons. The van der Waals surface area contributed by atoms with Gasteiger partial charge >= 0.3 is 0 Å². The maximum Gasteiger partial charge on any atom is 0.261 e. The molecule has 0 aliphatic heterocycles. The molecular weight excluding hydrogens is 500 g/mol. The Bertz CT molecular complexity index is 1200. The molecule has 1 N–H and O–H groups in total. The van der Waals surface area contributed by atoms with Gasteiger partial charge in [-0.05, 0) is 48.2 Å². The van der Waals surface area contributed by atoms with Crippen molar-refractivity contribution >= 4 is 23.4 Å². The Hall–Kier alpha value is -3.51. The molecule has 1 fully saturated rings. The van der Waals surface area contributed by atoms with Gasteiger partial charge in [0.2, 0.25) is 5.91 Å². The van der Waals surface area contributed by atoms with E-state index in [4.69, 9.17) is 21.1 Å². The van der Waals surface area contributed by atoms with Gasteiger partial charge in [0.1, 0.15) is 17.5 Å². The van der Waals surface area contributed by atoms with Gasteiger partial charge in [-0.2, -0.15) is 0 Å². The fraction of sp³-hybridized carbons (Fsp3) is 0.355. The number of carbonyl (C=O) groups excluding carboxylic acids is 2. The predicted molar refractivity (Wildman–Crippen MR) is 149 cm³/mol. The highest BCUT2D eigenvalue weighted by Crippen LogP contribution is 2.24. The standard InChI is InChI=1S/C31H35ClN2O4/c1-37-26-16-10-13-24(19-26)21-34(30(35)22-38-29-18-9-8-17-27(29)32)28(20-23-11-4-2-5-12-23)31(36)33-25-14-6-3-7-15-25/h2,4-5,8-13,16-19,25,28H,3,6-7,14-15,20-22H2,1H3,(H,33,36)/t28-/m0/s1. The van der Waals surface area contributed by atoms with Gasteiger partial charge in [-0.25, -0.2) is 0 Å². The van der Waals surface area contributed by atoms with Gasteiger partial charge in [0.15, 0.2) is 6.61 Å². The van der Waals surface area contributed by atoms with Crippen molar-refractivity contribution in [3.63, 3.8) is 0 Å². The normalized spacial score (nSPS) is 14.4. The van der Waals surface area contributed by atoms with E-state index in [9.17, 15) is 9.59 Å². The number of amides is 2. The lowest BCUT2D eigenvalue weighted by molar-refractivity contribution is -0.143. The Morgan fingerprint density at radius 1 is 0.947 bits per heavy atom. The first-order valence-electron chi connectivity index (χ1n) is 13.2. The maximum absolute atomic E-state index is 13.8. The van der Waals surface area contributed by atoms with Crippen LogP contribution in [0.4, 0.5) is 0 Å². The largest absolute Gasteiger partial charge is 0.497 e. The number of ether oxygens (including phenoxy) is 2. The number of hydrogen-bond donors (Lipinski definition) is 1. The molecule has 0 aromatic heterocycles. The number of benzene rings is 3. The lowest BCUT2D eigenvalue weighted by Gasteiger charge is -2.33. The van der Waals surface area contributed by atoms with Crippen molar-refractivity contribution in [2.75, 3.05) is 13.7 Å². The SMILES string of the molecule is COc1cccc(CN(C(=O)COc2ccccc2Cl)[C@@H](Cc2ccccc2)C(=O)NC2CCCCC2)c1. The Balaban J connectivity index is 1.63. The molecule has 1 atom stereocenters. The zero-order valence-corrected chi connectivity index (χ0v) is 22.5. The molecule has 0 spiro atoms. The summed E-state index contributed by atoms with van der Waals surface area (Å²) in [6.07, 6.45) is 5.71. The van der Waals surface area contributed by atoms with Crippen molar-refractivity contribution in [3.8, 4) is 11.5 Å². The van der Waals surface area contributed by atoms with Crippen LogP contribution in [0, 0.1) is 0 Å². The van der Waals surface area contributed by atoms with E-state index in [0.29, 0.717) is 22.9 Å². The summed E-state index contributed by atoms with van der Waals surface area (Å²) >= 11 is 6.25. The summed E-state index contributed by atoms with van der Waals surface area (Å²) in [5.74, 6) is 0.672. The summed E-state index contributed by atoms with van der Waals surface area (Å²) in [4.78, 5) is 29.2. The monoisotopic (exact) mass is 534 g/mol. The molecule has 0 unspecified atom stereocenters. The van der Waals surface area contributed by atoms with Crippen LogP contribution in [0.5, 0.6) is 11.5 Å². The molecule has 1 aliphatic rings. The fourth-order valence-electron chi connectivity index (χ4n) is 4.85. The van der Waals surface area contributed by atoms with E-state index in [1.165, 1.54) is 6.42 Å². The number of nitrogens with one attached hydrogen (secondary N) is 1. The summed E-state index contributed by atoms with van der Waals surface area (Å²) < 4.78 is 11.2. The lowest BCUT2D eigenvalue weighted by Crippen LogP contribution is -2.53. The van der Waals surface area contributed by atoms with E-state index in [1.54, 1.807) is 36.3 Å². The molecule has 3 aromatic carbocycles. The van der Waals surface area contributed by atoms with Crippen LogP contribution in [0.1, 0.15) is 43.2 Å². The number of para-hydroxylation sites is 1. The molecule has 1 aliphatic carbocycles. The van der Waals surface area contributed by atoms with Crippen LogP contribution in [-0.2, 0) is 22.6 Å². The number of carbonyl (C=O) groups is 2. The third-order valence-electron chi connectivity index (χ3n) is 6.90. The average molecular weight is 535 g/mol. The van der Waals surface area contributed by atoms with E-state index >= 15 is 0 Å². The summed E-state index contributed by atoms with van der Waals surface area (Å²) in [5, 5.41) is 3.67. The van der Waals surface area contributed by atoms with Crippen molar-refractivity contribution in [1.82, 2.24) is 10.2 Å². The minimum Gasteiger partial charge on any atom is -0.497 e. The molecule has 2 amide bonds. The highest BCUT2D eigenvalue weighted by Gasteiger charge is 2.32. The second-order valence-corrected chi connectivity index (χ2v) is 10.0. The number of methoxy groups -OCH3 is 1. The second kappa shape index (κ2) is 13.9. The van der Waals surface area contributed by atoms with Crippen LogP contribution >= 0.6 is 11.6 Å². The van der Waals surface area contributed by atoms with Crippen LogP contribution in [0.2, 0.25) is 5.02 Å². The van der Waals surface area contributed by atoms with E-state index in [2.05, 4.69) is 5.32 Å². The number of nitrogens with zero attached hydrogens (tertiary/aromatic N) is 1.